The number of cyclic esters (lactones) is 1. The summed E-state index contributed by atoms with van der Waals surface area (Å²) in [5, 5.41) is 2.01. The maximum absolute atomic E-state index is 12.5. The molecular formula is C21H17NO3S. The van der Waals surface area contributed by atoms with E-state index in [1.165, 1.54) is 0 Å². The summed E-state index contributed by atoms with van der Waals surface area (Å²) in [6.07, 6.45) is 2.18. The van der Waals surface area contributed by atoms with Gasteiger partial charge in [0.25, 0.3) is 0 Å². The van der Waals surface area contributed by atoms with E-state index in [1.54, 1.807) is 11.3 Å². The van der Waals surface area contributed by atoms with Crippen molar-refractivity contribution < 1.29 is 13.9 Å². The van der Waals surface area contributed by atoms with Crippen molar-refractivity contribution in [1.29, 1.82) is 0 Å². The topological polar surface area (TPSA) is 52.3 Å². The van der Waals surface area contributed by atoms with Gasteiger partial charge in [-0.1, -0.05) is 18.7 Å². The highest BCUT2D eigenvalue weighted by Gasteiger charge is 2.56. The normalized spacial score (nSPS) is 24.7. The monoisotopic (exact) mass is 363 g/mol. The molecule has 0 radical (unpaired) electrons. The Morgan fingerprint density at radius 3 is 3.12 bits per heavy atom. The van der Waals surface area contributed by atoms with Crippen molar-refractivity contribution in [2.24, 2.45) is 11.3 Å². The third-order valence-electron chi connectivity index (χ3n) is 5.58. The minimum absolute atomic E-state index is 0.0929. The van der Waals surface area contributed by atoms with E-state index in [-0.39, 0.29) is 11.9 Å². The zero-order valence-electron chi connectivity index (χ0n) is 14.2. The molecule has 3 heterocycles. The molecule has 2 unspecified atom stereocenters. The van der Waals surface area contributed by atoms with Gasteiger partial charge in [-0.3, -0.25) is 4.79 Å². The van der Waals surface area contributed by atoms with Crippen LogP contribution in [0.25, 0.3) is 21.9 Å². The first-order valence-electron chi connectivity index (χ1n) is 8.66. The maximum Gasteiger partial charge on any atom is 0.313 e. The molecule has 26 heavy (non-hydrogen) atoms. The zero-order valence-corrected chi connectivity index (χ0v) is 15.0. The summed E-state index contributed by atoms with van der Waals surface area (Å²) in [6, 6.07) is 9.99. The first kappa shape index (κ1) is 15.6. The number of ether oxygens (including phenoxy) is 1. The Kier molecular flexibility index (Phi) is 3.42. The first-order chi connectivity index (χ1) is 12.7. The van der Waals surface area contributed by atoms with Crippen molar-refractivity contribution in [2.45, 2.75) is 19.3 Å². The van der Waals surface area contributed by atoms with Crippen LogP contribution in [-0.2, 0) is 16.0 Å². The molecule has 0 amide bonds. The molecule has 2 aromatic heterocycles. The van der Waals surface area contributed by atoms with Crippen molar-refractivity contribution in [2.75, 3.05) is 6.61 Å². The van der Waals surface area contributed by atoms with Gasteiger partial charge in [-0.15, -0.1) is 17.1 Å². The highest BCUT2D eigenvalue weighted by atomic mass is 32.1. The van der Waals surface area contributed by atoms with Crippen LogP contribution in [0.5, 0.6) is 0 Å². The first-order valence-corrected chi connectivity index (χ1v) is 9.54. The Morgan fingerprint density at radius 1 is 1.38 bits per heavy atom. The number of rotatable bonds is 3. The Balaban J connectivity index is 1.51. The lowest BCUT2D eigenvalue weighted by molar-refractivity contribution is -0.146. The Bertz CT molecular complexity index is 1060. The van der Waals surface area contributed by atoms with E-state index < -0.39 is 5.41 Å². The van der Waals surface area contributed by atoms with Crippen LogP contribution in [0.15, 0.2) is 58.0 Å². The predicted octanol–water partition coefficient (Wildman–Crippen LogP) is 4.76. The van der Waals surface area contributed by atoms with Crippen LogP contribution in [0, 0.1) is 11.3 Å². The molecule has 2 fully saturated rings. The summed E-state index contributed by atoms with van der Waals surface area (Å²) in [4.78, 5) is 18.1. The van der Waals surface area contributed by atoms with Gasteiger partial charge in [-0.2, -0.15) is 0 Å². The smallest absolute Gasteiger partial charge is 0.313 e. The van der Waals surface area contributed by atoms with E-state index in [9.17, 15) is 4.79 Å². The highest BCUT2D eigenvalue weighted by Crippen LogP contribution is 2.52. The van der Waals surface area contributed by atoms with E-state index in [0.717, 1.165) is 33.5 Å². The van der Waals surface area contributed by atoms with Gasteiger partial charge in [-0.25, -0.2) is 4.98 Å². The van der Waals surface area contributed by atoms with Gasteiger partial charge in [0.2, 0.25) is 5.89 Å². The van der Waals surface area contributed by atoms with Crippen LogP contribution in [0.4, 0.5) is 0 Å². The lowest BCUT2D eigenvalue weighted by atomic mass is 9.75. The number of hydrogen-bond donors (Lipinski definition) is 0. The van der Waals surface area contributed by atoms with Gasteiger partial charge in [0.15, 0.2) is 5.58 Å². The third kappa shape index (κ3) is 2.28. The molecule has 2 aliphatic rings. The molecule has 1 aliphatic carbocycles. The molecule has 1 aromatic carbocycles. The van der Waals surface area contributed by atoms with Gasteiger partial charge < -0.3 is 9.15 Å². The van der Waals surface area contributed by atoms with E-state index in [1.807, 2.05) is 35.7 Å². The Hall–Kier alpha value is -2.62. The fourth-order valence-electron chi connectivity index (χ4n) is 4.23. The number of benzene rings is 1. The van der Waals surface area contributed by atoms with E-state index >= 15 is 0 Å². The second-order valence-electron chi connectivity index (χ2n) is 7.09. The van der Waals surface area contributed by atoms with Crippen LogP contribution in [-0.4, -0.2) is 17.6 Å². The molecule has 0 N–H and O–H groups in total. The molecular weight excluding hydrogens is 346 g/mol. The fraction of sp³-hybridized carbons (Fsp3) is 0.286. The average Bonchev–Trinajstić information content (AvgIpc) is 3.39. The molecule has 3 aromatic rings. The van der Waals surface area contributed by atoms with Gasteiger partial charge in [0, 0.05) is 5.92 Å². The minimum Gasteiger partial charge on any atom is -0.465 e. The minimum atomic E-state index is -0.482. The summed E-state index contributed by atoms with van der Waals surface area (Å²) < 4.78 is 11.3. The lowest BCUT2D eigenvalue weighted by Gasteiger charge is -2.23. The van der Waals surface area contributed by atoms with Gasteiger partial charge in [0.1, 0.15) is 5.52 Å². The van der Waals surface area contributed by atoms with E-state index in [0.29, 0.717) is 25.3 Å². The number of hydrogen-bond acceptors (Lipinski definition) is 5. The second-order valence-corrected chi connectivity index (χ2v) is 8.04. The third-order valence-corrected chi connectivity index (χ3v) is 6.44. The van der Waals surface area contributed by atoms with Gasteiger partial charge in [0.05, 0.1) is 16.9 Å². The summed E-state index contributed by atoms with van der Waals surface area (Å²) in [6.45, 7) is 4.26. The van der Waals surface area contributed by atoms with Crippen molar-refractivity contribution >= 4 is 28.4 Å². The molecule has 2 atom stereocenters. The van der Waals surface area contributed by atoms with Crippen molar-refractivity contribution in [3.05, 3.63) is 59.2 Å². The molecule has 1 saturated carbocycles. The predicted molar refractivity (Wildman–Crippen MR) is 99.8 cm³/mol. The van der Waals surface area contributed by atoms with Crippen molar-refractivity contribution in [1.82, 2.24) is 4.98 Å². The summed E-state index contributed by atoms with van der Waals surface area (Å²) in [5.41, 5.74) is 6.31. The van der Waals surface area contributed by atoms with Gasteiger partial charge >= 0.3 is 5.97 Å². The zero-order chi connectivity index (χ0) is 17.7. The molecule has 5 heteroatoms. The standard InChI is InChI=1S/C21H17NO3S/c1-2-13-8-15-12-24-20(23)21(15,10-13)11-14-5-6-16-17(9-14)25-19(22-16)18-4-3-7-26-18/h3-7,9,15H,1,8,10-12H2. The summed E-state index contributed by atoms with van der Waals surface area (Å²) in [7, 11) is 0. The number of carbonyl (C=O) groups is 1. The van der Waals surface area contributed by atoms with Gasteiger partial charge in [-0.05, 0) is 54.0 Å². The summed E-state index contributed by atoms with van der Waals surface area (Å²) in [5.74, 6) is 0.761. The van der Waals surface area contributed by atoms with E-state index in [2.05, 4.69) is 17.3 Å². The molecule has 5 rings (SSSR count). The Labute approximate surface area is 154 Å². The van der Waals surface area contributed by atoms with Crippen LogP contribution in [0.2, 0.25) is 0 Å². The molecule has 0 bridgehead atoms. The number of carbonyl (C=O) groups excluding carboxylic acids is 1. The van der Waals surface area contributed by atoms with Crippen LogP contribution < -0.4 is 0 Å². The second kappa shape index (κ2) is 5.70. The fourth-order valence-corrected chi connectivity index (χ4v) is 4.88. The van der Waals surface area contributed by atoms with Crippen LogP contribution >= 0.6 is 11.3 Å². The number of esters is 1. The lowest BCUT2D eigenvalue weighted by Crippen LogP contribution is -2.31. The quantitative estimate of drug-likeness (QED) is 0.497. The number of allylic oxidation sites excluding steroid dienone is 1. The molecule has 0 spiro atoms. The largest absolute Gasteiger partial charge is 0.465 e. The highest BCUT2D eigenvalue weighted by molar-refractivity contribution is 7.13. The summed E-state index contributed by atoms with van der Waals surface area (Å²) >= 11 is 1.60. The van der Waals surface area contributed by atoms with E-state index in [4.69, 9.17) is 9.15 Å². The number of oxazole rings is 1. The molecule has 1 saturated heterocycles. The molecule has 130 valence electrons. The average molecular weight is 363 g/mol. The number of thiophene rings is 1. The van der Waals surface area contributed by atoms with Crippen molar-refractivity contribution in [3.8, 4) is 10.8 Å². The van der Waals surface area contributed by atoms with Crippen molar-refractivity contribution in [3.63, 3.8) is 0 Å². The number of nitrogens with zero attached hydrogens (tertiary/aromatic N) is 1. The Morgan fingerprint density at radius 2 is 2.31 bits per heavy atom. The SMILES string of the molecule is C=C=C1CC2COC(=O)C2(Cc2ccc3nc(-c4cccs4)oc3c2)C1. The van der Waals surface area contributed by atoms with Crippen LogP contribution in [0.3, 0.4) is 0 Å². The maximum atomic E-state index is 12.5. The number of fused-ring (bicyclic) bond motifs is 2. The molecule has 4 nitrogen and oxygen atoms in total. The van der Waals surface area contributed by atoms with Crippen LogP contribution in [0.1, 0.15) is 18.4 Å². The molecule has 1 aliphatic heterocycles. The number of aromatic nitrogens is 1.